The first-order valence-corrected chi connectivity index (χ1v) is 8.70. The molecule has 0 spiro atoms. The van der Waals surface area contributed by atoms with E-state index < -0.39 is 0 Å². The van der Waals surface area contributed by atoms with Crippen molar-refractivity contribution in [1.82, 2.24) is 10.6 Å². The summed E-state index contributed by atoms with van der Waals surface area (Å²) in [5.74, 6) is 3.35. The van der Waals surface area contributed by atoms with Crippen LogP contribution in [0.3, 0.4) is 0 Å². The van der Waals surface area contributed by atoms with Gasteiger partial charge < -0.3 is 24.5 Å². The van der Waals surface area contributed by atoms with Crippen molar-refractivity contribution in [2.45, 2.75) is 39.3 Å². The zero-order chi connectivity index (χ0) is 17.5. The third-order valence-electron chi connectivity index (χ3n) is 4.10. The number of hydrogen-bond acceptors (Lipinski definition) is 4. The van der Waals surface area contributed by atoms with Crippen molar-refractivity contribution >= 4 is 5.96 Å². The lowest BCUT2D eigenvalue weighted by Gasteiger charge is -2.17. The van der Waals surface area contributed by atoms with Crippen LogP contribution in [0.1, 0.15) is 31.6 Å². The highest BCUT2D eigenvalue weighted by Gasteiger charge is 2.13. The second-order valence-electron chi connectivity index (χ2n) is 6.06. The second kappa shape index (κ2) is 8.46. The molecule has 1 atom stereocenters. The van der Waals surface area contributed by atoms with Gasteiger partial charge in [0.05, 0.1) is 12.8 Å². The maximum atomic E-state index is 5.42. The molecule has 2 N–H and O–H groups in total. The summed E-state index contributed by atoms with van der Waals surface area (Å²) in [5.41, 5.74) is 1.08. The van der Waals surface area contributed by atoms with Gasteiger partial charge >= 0.3 is 0 Å². The number of nitrogens with zero attached hydrogens (tertiary/aromatic N) is 1. The number of ether oxygens (including phenoxy) is 2. The molecule has 134 valence electrons. The summed E-state index contributed by atoms with van der Waals surface area (Å²) in [6.07, 6.45) is 3.54. The average molecular weight is 343 g/mol. The van der Waals surface area contributed by atoms with E-state index in [-0.39, 0.29) is 6.79 Å². The Balaban J connectivity index is 1.59. The predicted molar refractivity (Wildman–Crippen MR) is 97.0 cm³/mol. The first-order chi connectivity index (χ1) is 12.2. The number of furan rings is 1. The molecule has 0 radical (unpaired) electrons. The molecule has 1 aromatic heterocycles. The van der Waals surface area contributed by atoms with Crippen LogP contribution in [-0.4, -0.2) is 25.3 Å². The topological polar surface area (TPSA) is 68.0 Å². The molecule has 6 nitrogen and oxygen atoms in total. The molecule has 0 amide bonds. The summed E-state index contributed by atoms with van der Waals surface area (Å²) in [6, 6.07) is 10.2. The Bertz CT molecular complexity index is 698. The first-order valence-electron chi connectivity index (χ1n) is 8.70. The van der Waals surface area contributed by atoms with Crippen LogP contribution in [0.25, 0.3) is 0 Å². The highest BCUT2D eigenvalue weighted by atomic mass is 16.7. The number of aliphatic imine (C=N–C) groups is 1. The minimum Gasteiger partial charge on any atom is -0.469 e. The molecule has 1 aromatic carbocycles. The van der Waals surface area contributed by atoms with Crippen molar-refractivity contribution < 1.29 is 13.9 Å². The lowest BCUT2D eigenvalue weighted by atomic mass is 10.2. The second-order valence-corrected chi connectivity index (χ2v) is 6.06. The lowest BCUT2D eigenvalue weighted by molar-refractivity contribution is 0.174. The number of hydrogen-bond donors (Lipinski definition) is 2. The average Bonchev–Trinajstić information content (AvgIpc) is 3.30. The van der Waals surface area contributed by atoms with E-state index in [1.54, 1.807) is 6.26 Å². The normalized spacial score (nSPS) is 14.4. The van der Waals surface area contributed by atoms with E-state index in [0.29, 0.717) is 12.6 Å². The highest BCUT2D eigenvalue weighted by Crippen LogP contribution is 2.32. The third kappa shape index (κ3) is 4.92. The van der Waals surface area contributed by atoms with Gasteiger partial charge in [-0.05, 0) is 43.2 Å². The van der Waals surface area contributed by atoms with Crippen LogP contribution in [0.4, 0.5) is 0 Å². The maximum Gasteiger partial charge on any atom is 0.231 e. The smallest absolute Gasteiger partial charge is 0.231 e. The van der Waals surface area contributed by atoms with Crippen LogP contribution < -0.4 is 20.1 Å². The Morgan fingerprint density at radius 3 is 2.92 bits per heavy atom. The molecule has 0 aliphatic carbocycles. The minimum atomic E-state index is 0.289. The van der Waals surface area contributed by atoms with Crippen molar-refractivity contribution in [3.8, 4) is 11.5 Å². The van der Waals surface area contributed by atoms with E-state index in [1.807, 2.05) is 30.3 Å². The Morgan fingerprint density at radius 1 is 1.24 bits per heavy atom. The van der Waals surface area contributed by atoms with Crippen molar-refractivity contribution in [3.05, 3.63) is 47.9 Å². The Kier molecular flexibility index (Phi) is 5.82. The molecule has 2 aromatic rings. The van der Waals surface area contributed by atoms with Gasteiger partial charge in [0.25, 0.3) is 0 Å². The minimum absolute atomic E-state index is 0.289. The lowest BCUT2D eigenvalue weighted by Crippen LogP contribution is -2.42. The molecule has 1 aliphatic heterocycles. The van der Waals surface area contributed by atoms with Gasteiger partial charge in [-0.1, -0.05) is 13.0 Å². The van der Waals surface area contributed by atoms with E-state index in [0.717, 1.165) is 48.2 Å². The van der Waals surface area contributed by atoms with Crippen molar-refractivity contribution in [1.29, 1.82) is 0 Å². The van der Waals surface area contributed by atoms with Crippen LogP contribution in [0.15, 0.2) is 46.0 Å². The number of benzene rings is 1. The molecular formula is C19H25N3O3. The number of fused-ring (bicyclic) bond motifs is 1. The fraction of sp³-hybridized carbons (Fsp3) is 0.421. The molecule has 1 unspecified atom stereocenters. The SMILES string of the molecule is CCC(C)NC(=NCc1ccc2c(c1)OCO2)NCCc1ccco1. The monoisotopic (exact) mass is 343 g/mol. The first kappa shape index (κ1) is 17.2. The fourth-order valence-corrected chi connectivity index (χ4v) is 2.46. The van der Waals surface area contributed by atoms with Gasteiger partial charge in [-0.25, -0.2) is 4.99 Å². The molecule has 0 fully saturated rings. The summed E-state index contributed by atoms with van der Waals surface area (Å²) >= 11 is 0. The molecule has 6 heteroatoms. The third-order valence-corrected chi connectivity index (χ3v) is 4.10. The Labute approximate surface area is 148 Å². The zero-order valence-corrected chi connectivity index (χ0v) is 14.7. The number of rotatable bonds is 7. The van der Waals surface area contributed by atoms with E-state index in [4.69, 9.17) is 18.9 Å². The molecule has 0 saturated carbocycles. The largest absolute Gasteiger partial charge is 0.469 e. The van der Waals surface area contributed by atoms with E-state index in [1.165, 1.54) is 0 Å². The number of nitrogens with one attached hydrogen (secondary N) is 2. The number of guanidine groups is 1. The van der Waals surface area contributed by atoms with Crippen LogP contribution >= 0.6 is 0 Å². The van der Waals surface area contributed by atoms with Gasteiger partial charge in [0.1, 0.15) is 5.76 Å². The highest BCUT2D eigenvalue weighted by molar-refractivity contribution is 5.80. The van der Waals surface area contributed by atoms with E-state index >= 15 is 0 Å². The summed E-state index contributed by atoms with van der Waals surface area (Å²) < 4.78 is 16.1. The van der Waals surface area contributed by atoms with E-state index in [9.17, 15) is 0 Å². The predicted octanol–water partition coefficient (Wildman–Crippen LogP) is 3.08. The summed E-state index contributed by atoms with van der Waals surface area (Å²) in [4.78, 5) is 4.69. The van der Waals surface area contributed by atoms with Crippen molar-refractivity contribution in [2.75, 3.05) is 13.3 Å². The summed E-state index contributed by atoms with van der Waals surface area (Å²) in [6.45, 7) is 5.91. The summed E-state index contributed by atoms with van der Waals surface area (Å²) in [5, 5.41) is 6.79. The Hall–Kier alpha value is -2.63. The fourth-order valence-electron chi connectivity index (χ4n) is 2.46. The van der Waals surface area contributed by atoms with Gasteiger partial charge in [-0.3, -0.25) is 0 Å². The van der Waals surface area contributed by atoms with Crippen LogP contribution in [0.5, 0.6) is 11.5 Å². The molecule has 0 saturated heterocycles. The molecule has 0 bridgehead atoms. The van der Waals surface area contributed by atoms with Gasteiger partial charge in [0, 0.05) is 19.0 Å². The van der Waals surface area contributed by atoms with Crippen molar-refractivity contribution in [3.63, 3.8) is 0 Å². The quantitative estimate of drug-likeness (QED) is 0.597. The zero-order valence-electron chi connectivity index (χ0n) is 14.7. The maximum absolute atomic E-state index is 5.42. The molecule has 3 rings (SSSR count). The molecular weight excluding hydrogens is 318 g/mol. The van der Waals surface area contributed by atoms with Crippen LogP contribution in [-0.2, 0) is 13.0 Å². The molecule has 25 heavy (non-hydrogen) atoms. The molecule has 2 heterocycles. The van der Waals surface area contributed by atoms with Gasteiger partial charge in [-0.2, -0.15) is 0 Å². The van der Waals surface area contributed by atoms with E-state index in [2.05, 4.69) is 24.5 Å². The Morgan fingerprint density at radius 2 is 2.12 bits per heavy atom. The van der Waals surface area contributed by atoms with Gasteiger partial charge in [-0.15, -0.1) is 0 Å². The van der Waals surface area contributed by atoms with Gasteiger partial charge in [0.15, 0.2) is 17.5 Å². The molecule has 1 aliphatic rings. The van der Waals surface area contributed by atoms with Gasteiger partial charge in [0.2, 0.25) is 6.79 Å². The summed E-state index contributed by atoms with van der Waals surface area (Å²) in [7, 11) is 0. The standard InChI is InChI=1S/C19H25N3O3/c1-3-14(2)22-19(20-9-8-16-5-4-10-23-16)21-12-15-6-7-17-18(11-15)25-13-24-17/h4-7,10-11,14H,3,8-9,12-13H2,1-2H3,(H2,20,21,22). The van der Waals surface area contributed by atoms with Crippen LogP contribution in [0, 0.1) is 0 Å². The van der Waals surface area contributed by atoms with Crippen LogP contribution in [0.2, 0.25) is 0 Å². The van der Waals surface area contributed by atoms with Crippen molar-refractivity contribution in [2.24, 2.45) is 4.99 Å².